The van der Waals surface area contributed by atoms with Crippen LogP contribution in [0.15, 0.2) is 18.2 Å². The number of hydrogen-bond acceptors (Lipinski definition) is 5. The van der Waals surface area contributed by atoms with Gasteiger partial charge in [0.25, 0.3) is 0 Å². The normalized spacial score (nSPS) is 17.4. The molecule has 1 aliphatic heterocycles. The van der Waals surface area contributed by atoms with Crippen molar-refractivity contribution in [1.29, 1.82) is 0 Å². The number of aromatic nitrogens is 4. The van der Waals surface area contributed by atoms with Gasteiger partial charge in [-0.05, 0) is 74.6 Å². The van der Waals surface area contributed by atoms with Crippen molar-refractivity contribution in [3.05, 3.63) is 35.2 Å². The SMILES string of the molecule is Cc1cccc(N2CCN(C(CC(C)C)c3nnnn3C(C)(C)C)CC2)c1C. The smallest absolute Gasteiger partial charge is 0.168 e. The highest BCUT2D eigenvalue weighted by atomic mass is 15.6. The van der Waals surface area contributed by atoms with Crippen LogP contribution in [-0.4, -0.2) is 51.3 Å². The fourth-order valence-corrected chi connectivity index (χ4v) is 4.10. The molecule has 0 amide bonds. The van der Waals surface area contributed by atoms with Crippen molar-refractivity contribution in [2.24, 2.45) is 5.92 Å². The van der Waals surface area contributed by atoms with Crippen molar-refractivity contribution in [3.63, 3.8) is 0 Å². The van der Waals surface area contributed by atoms with Crippen molar-refractivity contribution in [1.82, 2.24) is 25.1 Å². The Morgan fingerprint density at radius 2 is 1.71 bits per heavy atom. The van der Waals surface area contributed by atoms with E-state index in [9.17, 15) is 0 Å². The predicted molar refractivity (Wildman–Crippen MR) is 115 cm³/mol. The topological polar surface area (TPSA) is 50.1 Å². The van der Waals surface area contributed by atoms with E-state index in [2.05, 4.69) is 92.0 Å². The molecule has 1 aliphatic rings. The van der Waals surface area contributed by atoms with Crippen molar-refractivity contribution in [2.75, 3.05) is 31.1 Å². The zero-order valence-corrected chi connectivity index (χ0v) is 18.6. The summed E-state index contributed by atoms with van der Waals surface area (Å²) in [7, 11) is 0. The Kier molecular flexibility index (Phi) is 6.08. The van der Waals surface area contributed by atoms with Crippen molar-refractivity contribution in [2.45, 2.75) is 66.5 Å². The molecule has 0 radical (unpaired) electrons. The Balaban J connectivity index is 1.79. The number of benzene rings is 1. The van der Waals surface area contributed by atoms with E-state index in [1.165, 1.54) is 16.8 Å². The molecule has 6 heteroatoms. The van der Waals surface area contributed by atoms with E-state index in [1.54, 1.807) is 0 Å². The van der Waals surface area contributed by atoms with Gasteiger partial charge < -0.3 is 4.90 Å². The average Bonchev–Trinajstić information content (AvgIpc) is 3.12. The molecule has 6 nitrogen and oxygen atoms in total. The number of nitrogens with zero attached hydrogens (tertiary/aromatic N) is 6. The van der Waals surface area contributed by atoms with Gasteiger partial charge in [-0.3, -0.25) is 4.90 Å². The number of rotatable bonds is 5. The van der Waals surface area contributed by atoms with Crippen LogP contribution in [0.5, 0.6) is 0 Å². The molecule has 0 saturated carbocycles. The summed E-state index contributed by atoms with van der Waals surface area (Å²) in [5, 5.41) is 12.8. The Labute approximate surface area is 169 Å². The molecule has 2 heterocycles. The highest BCUT2D eigenvalue weighted by Crippen LogP contribution is 2.31. The van der Waals surface area contributed by atoms with Gasteiger partial charge in [0, 0.05) is 31.9 Å². The minimum absolute atomic E-state index is 0.117. The lowest BCUT2D eigenvalue weighted by atomic mass is 9.99. The van der Waals surface area contributed by atoms with Crippen molar-refractivity contribution < 1.29 is 0 Å². The molecular formula is C22H36N6. The molecule has 1 fully saturated rings. The van der Waals surface area contributed by atoms with E-state index >= 15 is 0 Å². The second-order valence-electron chi connectivity index (χ2n) is 9.51. The van der Waals surface area contributed by atoms with E-state index in [0.29, 0.717) is 5.92 Å². The van der Waals surface area contributed by atoms with Gasteiger partial charge in [-0.25, -0.2) is 4.68 Å². The Hall–Kier alpha value is -1.95. The maximum Gasteiger partial charge on any atom is 0.168 e. The average molecular weight is 385 g/mol. The highest BCUT2D eigenvalue weighted by Gasteiger charge is 2.32. The molecule has 1 saturated heterocycles. The van der Waals surface area contributed by atoms with Crippen LogP contribution in [0.3, 0.4) is 0 Å². The van der Waals surface area contributed by atoms with E-state index in [0.717, 1.165) is 38.4 Å². The predicted octanol–water partition coefficient (Wildman–Crippen LogP) is 3.95. The first-order chi connectivity index (χ1) is 13.2. The summed E-state index contributed by atoms with van der Waals surface area (Å²) in [6, 6.07) is 6.88. The quantitative estimate of drug-likeness (QED) is 0.781. The second kappa shape index (κ2) is 8.19. The highest BCUT2D eigenvalue weighted by molar-refractivity contribution is 5.56. The van der Waals surface area contributed by atoms with Crippen LogP contribution < -0.4 is 4.90 Å². The lowest BCUT2D eigenvalue weighted by molar-refractivity contribution is 0.146. The molecule has 2 aromatic rings. The summed E-state index contributed by atoms with van der Waals surface area (Å²) >= 11 is 0. The molecule has 0 aliphatic carbocycles. The number of piperazine rings is 1. The van der Waals surface area contributed by atoms with Gasteiger partial charge in [0.05, 0.1) is 11.6 Å². The number of anilines is 1. The zero-order chi connectivity index (χ0) is 20.5. The van der Waals surface area contributed by atoms with E-state index in [1.807, 2.05) is 4.68 Å². The monoisotopic (exact) mass is 384 g/mol. The third-order valence-corrected chi connectivity index (χ3v) is 5.79. The first-order valence-electron chi connectivity index (χ1n) is 10.5. The molecule has 1 aromatic heterocycles. The summed E-state index contributed by atoms with van der Waals surface area (Å²) in [5.74, 6) is 1.59. The van der Waals surface area contributed by atoms with Gasteiger partial charge in [0.2, 0.25) is 0 Å². The van der Waals surface area contributed by atoms with E-state index < -0.39 is 0 Å². The molecule has 0 bridgehead atoms. The molecule has 1 unspecified atom stereocenters. The fraction of sp³-hybridized carbons (Fsp3) is 0.682. The summed E-state index contributed by atoms with van der Waals surface area (Å²) < 4.78 is 2.01. The van der Waals surface area contributed by atoms with Crippen LogP contribution in [0.25, 0.3) is 0 Å². The fourth-order valence-electron chi connectivity index (χ4n) is 4.10. The molecule has 0 N–H and O–H groups in total. The van der Waals surface area contributed by atoms with Crippen LogP contribution in [0.2, 0.25) is 0 Å². The number of tetrazole rings is 1. The molecule has 154 valence electrons. The number of aryl methyl sites for hydroxylation is 1. The lowest BCUT2D eigenvalue weighted by Gasteiger charge is -2.41. The van der Waals surface area contributed by atoms with Crippen LogP contribution in [-0.2, 0) is 5.54 Å². The Morgan fingerprint density at radius 3 is 2.32 bits per heavy atom. The Morgan fingerprint density at radius 1 is 1.04 bits per heavy atom. The van der Waals surface area contributed by atoms with Crippen LogP contribution >= 0.6 is 0 Å². The van der Waals surface area contributed by atoms with Gasteiger partial charge in [0.1, 0.15) is 0 Å². The maximum atomic E-state index is 4.46. The molecular weight excluding hydrogens is 348 g/mol. The molecule has 0 spiro atoms. The van der Waals surface area contributed by atoms with E-state index in [-0.39, 0.29) is 11.6 Å². The summed E-state index contributed by atoms with van der Waals surface area (Å²) in [6.07, 6.45) is 1.07. The standard InChI is InChI=1S/C22H36N6/c1-16(2)15-20(21-23-24-25-28(21)22(5,6)7)27-13-11-26(12-14-27)19-10-8-9-17(3)18(19)4/h8-10,16,20H,11-15H2,1-7H3. The largest absolute Gasteiger partial charge is 0.369 e. The zero-order valence-electron chi connectivity index (χ0n) is 18.6. The first-order valence-corrected chi connectivity index (χ1v) is 10.5. The maximum absolute atomic E-state index is 4.46. The van der Waals surface area contributed by atoms with Gasteiger partial charge >= 0.3 is 0 Å². The van der Waals surface area contributed by atoms with Gasteiger partial charge in [-0.1, -0.05) is 26.0 Å². The molecule has 3 rings (SSSR count). The molecule has 1 atom stereocenters. The van der Waals surface area contributed by atoms with Crippen molar-refractivity contribution in [3.8, 4) is 0 Å². The minimum Gasteiger partial charge on any atom is -0.369 e. The molecule has 28 heavy (non-hydrogen) atoms. The summed E-state index contributed by atoms with van der Waals surface area (Å²) in [5.41, 5.74) is 4.02. The van der Waals surface area contributed by atoms with Gasteiger partial charge in [0.15, 0.2) is 5.82 Å². The first kappa shape index (κ1) is 20.8. The van der Waals surface area contributed by atoms with Gasteiger partial charge in [-0.2, -0.15) is 0 Å². The Bertz CT molecular complexity index is 781. The van der Waals surface area contributed by atoms with Crippen LogP contribution in [0.4, 0.5) is 5.69 Å². The van der Waals surface area contributed by atoms with Crippen LogP contribution in [0, 0.1) is 19.8 Å². The third kappa shape index (κ3) is 4.37. The second-order valence-corrected chi connectivity index (χ2v) is 9.51. The number of hydrogen-bond donors (Lipinski definition) is 0. The van der Waals surface area contributed by atoms with E-state index in [4.69, 9.17) is 0 Å². The summed E-state index contributed by atoms with van der Waals surface area (Å²) in [4.78, 5) is 5.10. The third-order valence-electron chi connectivity index (χ3n) is 5.79. The molecule has 1 aromatic carbocycles. The summed E-state index contributed by atoms with van der Waals surface area (Å²) in [6.45, 7) is 19.6. The van der Waals surface area contributed by atoms with Gasteiger partial charge in [-0.15, -0.1) is 5.10 Å². The lowest BCUT2D eigenvalue weighted by Crippen LogP contribution is -2.49. The van der Waals surface area contributed by atoms with Crippen LogP contribution in [0.1, 0.15) is 64.0 Å². The van der Waals surface area contributed by atoms with Crippen molar-refractivity contribution >= 4 is 5.69 Å². The minimum atomic E-state index is -0.117.